The molecule has 1 unspecified atom stereocenters. The number of halogens is 1. The molecule has 0 spiro atoms. The minimum absolute atomic E-state index is 0.0227. The molecule has 4 rings (SSSR count). The molecule has 0 aliphatic carbocycles. The number of sulfonamides is 1. The Bertz CT molecular complexity index is 1310. The predicted molar refractivity (Wildman–Crippen MR) is 135 cm³/mol. The predicted octanol–water partition coefficient (Wildman–Crippen LogP) is 5.54. The van der Waals surface area contributed by atoms with E-state index in [0.717, 1.165) is 16.7 Å². The summed E-state index contributed by atoms with van der Waals surface area (Å²) < 4.78 is 27.9. The maximum absolute atomic E-state index is 13.0. The number of hydrogen-bond acceptors (Lipinski definition) is 4. The van der Waals surface area contributed by atoms with Crippen molar-refractivity contribution in [3.8, 4) is 0 Å². The molecule has 1 heterocycles. The van der Waals surface area contributed by atoms with Crippen LogP contribution in [0.3, 0.4) is 0 Å². The van der Waals surface area contributed by atoms with Crippen LogP contribution in [0.1, 0.15) is 43.4 Å². The zero-order chi connectivity index (χ0) is 24.5. The van der Waals surface area contributed by atoms with Gasteiger partial charge >= 0.3 is 6.03 Å². The normalized spacial score (nSPS) is 16.3. The largest absolute Gasteiger partial charge is 0.351 e. The number of rotatable bonds is 4. The molecular formula is C26H26ClN3O3S. The molecule has 0 aromatic heterocycles. The van der Waals surface area contributed by atoms with Gasteiger partial charge in [0.25, 0.3) is 10.0 Å². The SMILES string of the molecule is CC(C)(C)c1ccc(S(=O)(=O)NC(=O)N2CC(c3ccccc3)C(c3ccc(Cl)cc3)=N2)cc1. The Morgan fingerprint density at radius 3 is 2.18 bits per heavy atom. The van der Waals surface area contributed by atoms with E-state index in [-0.39, 0.29) is 22.8 Å². The molecule has 0 radical (unpaired) electrons. The fourth-order valence-electron chi connectivity index (χ4n) is 3.82. The van der Waals surface area contributed by atoms with E-state index in [1.165, 1.54) is 17.1 Å². The van der Waals surface area contributed by atoms with Crippen molar-refractivity contribution >= 4 is 33.4 Å². The van der Waals surface area contributed by atoms with Crippen LogP contribution in [0.4, 0.5) is 4.79 Å². The maximum atomic E-state index is 13.0. The number of carbonyl (C=O) groups excluding carboxylic acids is 1. The zero-order valence-electron chi connectivity index (χ0n) is 19.2. The number of hydrazone groups is 1. The Hall–Kier alpha value is -3.16. The lowest BCUT2D eigenvalue weighted by molar-refractivity contribution is 0.210. The summed E-state index contributed by atoms with van der Waals surface area (Å²) >= 11 is 6.04. The van der Waals surface area contributed by atoms with Crippen LogP contribution in [0.2, 0.25) is 5.02 Å². The van der Waals surface area contributed by atoms with Gasteiger partial charge in [0.15, 0.2) is 0 Å². The molecule has 34 heavy (non-hydrogen) atoms. The molecule has 176 valence electrons. The Morgan fingerprint density at radius 1 is 0.971 bits per heavy atom. The van der Waals surface area contributed by atoms with Crippen LogP contribution in [-0.4, -0.2) is 31.7 Å². The average molecular weight is 496 g/mol. The van der Waals surface area contributed by atoms with Gasteiger partial charge in [-0.1, -0.05) is 87.0 Å². The lowest BCUT2D eigenvalue weighted by Gasteiger charge is -2.19. The van der Waals surface area contributed by atoms with E-state index in [9.17, 15) is 13.2 Å². The van der Waals surface area contributed by atoms with Gasteiger partial charge in [0.05, 0.1) is 17.2 Å². The highest BCUT2D eigenvalue weighted by Crippen LogP contribution is 2.30. The Balaban J connectivity index is 1.59. The van der Waals surface area contributed by atoms with Crippen molar-refractivity contribution in [1.29, 1.82) is 0 Å². The highest BCUT2D eigenvalue weighted by molar-refractivity contribution is 7.90. The van der Waals surface area contributed by atoms with Crippen LogP contribution in [0.15, 0.2) is 88.9 Å². The second-order valence-corrected chi connectivity index (χ2v) is 11.3. The van der Waals surface area contributed by atoms with Crippen LogP contribution < -0.4 is 4.72 Å². The van der Waals surface area contributed by atoms with Crippen molar-refractivity contribution in [2.24, 2.45) is 5.10 Å². The molecule has 1 aliphatic rings. The van der Waals surface area contributed by atoms with E-state index in [0.29, 0.717) is 10.7 Å². The quantitative estimate of drug-likeness (QED) is 0.516. The molecule has 3 aromatic rings. The number of amides is 2. The number of benzene rings is 3. The first-order valence-corrected chi connectivity index (χ1v) is 12.7. The highest BCUT2D eigenvalue weighted by atomic mass is 35.5. The topological polar surface area (TPSA) is 78.8 Å². The smallest absolute Gasteiger partial charge is 0.246 e. The van der Waals surface area contributed by atoms with Gasteiger partial charge in [-0.2, -0.15) is 5.10 Å². The van der Waals surface area contributed by atoms with Gasteiger partial charge in [-0.05, 0) is 46.4 Å². The average Bonchev–Trinajstić information content (AvgIpc) is 3.25. The second-order valence-electron chi connectivity index (χ2n) is 9.22. The lowest BCUT2D eigenvalue weighted by atomic mass is 9.87. The van der Waals surface area contributed by atoms with E-state index in [4.69, 9.17) is 11.6 Å². The minimum atomic E-state index is -4.06. The number of hydrogen-bond donors (Lipinski definition) is 1. The summed E-state index contributed by atoms with van der Waals surface area (Å²) in [5, 5.41) is 6.26. The lowest BCUT2D eigenvalue weighted by Crippen LogP contribution is -2.39. The first-order valence-electron chi connectivity index (χ1n) is 10.9. The molecule has 0 fully saturated rings. The molecule has 0 saturated heterocycles. The van der Waals surface area contributed by atoms with Crippen molar-refractivity contribution in [3.05, 3.63) is 101 Å². The molecule has 8 heteroatoms. The van der Waals surface area contributed by atoms with Gasteiger partial charge in [-0.25, -0.2) is 22.9 Å². The Morgan fingerprint density at radius 2 is 1.59 bits per heavy atom. The first kappa shape index (κ1) is 24.0. The summed E-state index contributed by atoms with van der Waals surface area (Å²) in [6, 6.07) is 22.6. The second kappa shape index (κ2) is 9.24. The number of urea groups is 1. The van der Waals surface area contributed by atoms with Crippen LogP contribution in [0.25, 0.3) is 0 Å². The third-order valence-electron chi connectivity index (χ3n) is 5.74. The van der Waals surface area contributed by atoms with Crippen molar-refractivity contribution in [2.75, 3.05) is 6.54 Å². The summed E-state index contributed by atoms with van der Waals surface area (Å²) in [5.74, 6) is -0.207. The van der Waals surface area contributed by atoms with Gasteiger partial charge < -0.3 is 0 Å². The minimum Gasteiger partial charge on any atom is -0.246 e. The Kier molecular flexibility index (Phi) is 6.51. The molecule has 2 amide bonds. The summed E-state index contributed by atoms with van der Waals surface area (Å²) in [6.07, 6.45) is 0. The molecule has 1 atom stereocenters. The zero-order valence-corrected chi connectivity index (χ0v) is 20.8. The van der Waals surface area contributed by atoms with Crippen LogP contribution in [-0.2, 0) is 15.4 Å². The van der Waals surface area contributed by atoms with Gasteiger partial charge in [0.2, 0.25) is 0 Å². The van der Waals surface area contributed by atoms with E-state index in [1.54, 1.807) is 24.3 Å². The van der Waals surface area contributed by atoms with Crippen LogP contribution in [0, 0.1) is 0 Å². The number of nitrogens with one attached hydrogen (secondary N) is 1. The summed E-state index contributed by atoms with van der Waals surface area (Å²) in [5.41, 5.74) is 3.35. The summed E-state index contributed by atoms with van der Waals surface area (Å²) in [7, 11) is -4.06. The van der Waals surface area contributed by atoms with Gasteiger partial charge in [0.1, 0.15) is 0 Å². The monoisotopic (exact) mass is 495 g/mol. The molecule has 1 aliphatic heterocycles. The Labute approximate surface area is 205 Å². The first-order chi connectivity index (χ1) is 16.0. The molecule has 3 aromatic carbocycles. The summed E-state index contributed by atoms with van der Waals surface area (Å²) in [4.78, 5) is 13.0. The van der Waals surface area contributed by atoms with Crippen molar-refractivity contribution < 1.29 is 13.2 Å². The maximum Gasteiger partial charge on any atom is 0.351 e. The third kappa shape index (κ3) is 5.16. The molecule has 0 bridgehead atoms. The van der Waals surface area contributed by atoms with E-state index >= 15 is 0 Å². The van der Waals surface area contributed by atoms with E-state index in [2.05, 4.69) is 9.82 Å². The fourth-order valence-corrected chi connectivity index (χ4v) is 4.89. The molecular weight excluding hydrogens is 470 g/mol. The van der Waals surface area contributed by atoms with Crippen molar-refractivity contribution in [2.45, 2.75) is 37.0 Å². The molecule has 6 nitrogen and oxygen atoms in total. The van der Waals surface area contributed by atoms with E-state index in [1.807, 2.05) is 63.2 Å². The van der Waals surface area contributed by atoms with E-state index < -0.39 is 16.1 Å². The van der Waals surface area contributed by atoms with Crippen LogP contribution in [0.5, 0.6) is 0 Å². The molecule has 0 saturated carbocycles. The summed E-state index contributed by atoms with van der Waals surface area (Å²) in [6.45, 7) is 6.35. The molecule has 1 N–H and O–H groups in total. The third-order valence-corrected chi connectivity index (χ3v) is 7.33. The van der Waals surface area contributed by atoms with Gasteiger partial charge in [0, 0.05) is 10.9 Å². The van der Waals surface area contributed by atoms with Gasteiger partial charge in [-0.15, -0.1) is 0 Å². The van der Waals surface area contributed by atoms with Crippen molar-refractivity contribution in [3.63, 3.8) is 0 Å². The van der Waals surface area contributed by atoms with Crippen LogP contribution >= 0.6 is 11.6 Å². The standard InChI is InChI=1S/C26H26ClN3O3S/c1-26(2,3)20-11-15-22(16-12-20)34(32,33)29-25(31)30-17-23(18-7-5-4-6-8-18)24(28-30)19-9-13-21(27)14-10-19/h4-16,23H,17H2,1-3H3,(H,29,31). The fraction of sp³-hybridized carbons (Fsp3) is 0.231. The van der Waals surface area contributed by atoms with Gasteiger partial charge in [-0.3, -0.25) is 0 Å². The van der Waals surface area contributed by atoms with Crippen molar-refractivity contribution in [1.82, 2.24) is 9.73 Å². The number of nitrogens with zero attached hydrogens (tertiary/aromatic N) is 2. The highest BCUT2D eigenvalue weighted by Gasteiger charge is 2.34. The number of carbonyl (C=O) groups is 1.